The van der Waals surface area contributed by atoms with Crippen molar-refractivity contribution in [1.82, 2.24) is 30.2 Å². The van der Waals surface area contributed by atoms with Crippen LogP contribution in [0.5, 0.6) is 0 Å². The van der Waals surface area contributed by atoms with Gasteiger partial charge in [0.2, 0.25) is 5.16 Å². The summed E-state index contributed by atoms with van der Waals surface area (Å²) < 4.78 is 1.23. The molecule has 3 heterocycles. The van der Waals surface area contributed by atoms with Crippen LogP contribution in [0.3, 0.4) is 0 Å². The van der Waals surface area contributed by atoms with Crippen molar-refractivity contribution in [1.29, 1.82) is 0 Å². The van der Waals surface area contributed by atoms with Gasteiger partial charge in [-0.3, -0.25) is 4.79 Å². The highest BCUT2D eigenvalue weighted by Gasteiger charge is 2.15. The molecule has 0 aliphatic rings. The van der Waals surface area contributed by atoms with Crippen molar-refractivity contribution in [2.24, 2.45) is 0 Å². The predicted molar refractivity (Wildman–Crippen MR) is 76.4 cm³/mol. The van der Waals surface area contributed by atoms with Crippen molar-refractivity contribution in [2.45, 2.75) is 30.1 Å². The maximum atomic E-state index is 10.8. The van der Waals surface area contributed by atoms with Gasteiger partial charge in [0.15, 0.2) is 0 Å². The van der Waals surface area contributed by atoms with E-state index in [0.717, 1.165) is 21.7 Å². The van der Waals surface area contributed by atoms with Gasteiger partial charge in [0.1, 0.15) is 22.7 Å². The van der Waals surface area contributed by atoms with Gasteiger partial charge < -0.3 is 5.11 Å². The molecule has 0 atom stereocenters. The topological polar surface area (TPSA) is 107 Å². The average Bonchev–Trinajstić information content (AvgIpc) is 3.05. The fraction of sp³-hybridized carbons (Fsp3) is 0.273. The molecule has 0 aromatic carbocycles. The first kappa shape index (κ1) is 13.9. The number of carboxylic acids is 1. The Bertz CT molecular complexity index is 799. The number of hydrogen-bond acceptors (Lipinski definition) is 8. The lowest BCUT2D eigenvalue weighted by Crippen LogP contribution is -2.11. The number of thiophene rings is 1. The minimum Gasteiger partial charge on any atom is -0.480 e. The van der Waals surface area contributed by atoms with Gasteiger partial charge in [-0.05, 0) is 34.7 Å². The highest BCUT2D eigenvalue weighted by Crippen LogP contribution is 2.33. The molecule has 108 valence electrons. The third-order valence-corrected chi connectivity index (χ3v) is 4.85. The van der Waals surface area contributed by atoms with E-state index in [2.05, 4.69) is 32.4 Å². The number of carboxylic acid groups (broad SMARTS) is 1. The summed E-state index contributed by atoms with van der Waals surface area (Å²) in [6, 6.07) is 2.05. The lowest BCUT2D eigenvalue weighted by Gasteiger charge is -2.01. The summed E-state index contributed by atoms with van der Waals surface area (Å²) in [4.78, 5) is 21.4. The number of aromatic nitrogens is 6. The second-order valence-corrected chi connectivity index (χ2v) is 6.15. The van der Waals surface area contributed by atoms with Gasteiger partial charge in [0.05, 0.1) is 0 Å². The lowest BCUT2D eigenvalue weighted by atomic mass is 10.3. The van der Waals surface area contributed by atoms with Gasteiger partial charge >= 0.3 is 5.97 Å². The molecule has 0 saturated carbocycles. The lowest BCUT2D eigenvalue weighted by molar-refractivity contribution is -0.138. The monoisotopic (exact) mass is 322 g/mol. The molecule has 3 aromatic heterocycles. The molecule has 0 radical (unpaired) electrons. The standard InChI is InChI=1S/C11H10N6O2S2/c1-2-6-3-7-9(20-6)12-5-13-10(7)21-11-14-15-16-17(11)4-8(18)19/h3,5H,2,4H2,1H3,(H,18,19). The van der Waals surface area contributed by atoms with E-state index in [1.54, 1.807) is 11.3 Å². The summed E-state index contributed by atoms with van der Waals surface area (Å²) in [6.07, 6.45) is 2.42. The number of rotatable bonds is 5. The molecule has 21 heavy (non-hydrogen) atoms. The third kappa shape index (κ3) is 2.85. The molecular formula is C11H10N6O2S2. The maximum Gasteiger partial charge on any atom is 0.325 e. The zero-order valence-corrected chi connectivity index (χ0v) is 12.6. The van der Waals surface area contributed by atoms with E-state index in [9.17, 15) is 4.79 Å². The molecule has 3 rings (SSSR count). The molecule has 0 fully saturated rings. The maximum absolute atomic E-state index is 10.8. The molecule has 0 bridgehead atoms. The first-order chi connectivity index (χ1) is 10.2. The quantitative estimate of drug-likeness (QED) is 0.704. The van der Waals surface area contributed by atoms with Gasteiger partial charge in [-0.15, -0.1) is 16.4 Å². The molecule has 1 N–H and O–H groups in total. The Morgan fingerprint density at radius 1 is 1.48 bits per heavy atom. The van der Waals surface area contributed by atoms with Gasteiger partial charge in [-0.25, -0.2) is 14.6 Å². The van der Waals surface area contributed by atoms with Crippen LogP contribution in [0.4, 0.5) is 0 Å². The zero-order chi connectivity index (χ0) is 14.8. The highest BCUT2D eigenvalue weighted by molar-refractivity contribution is 7.99. The van der Waals surface area contributed by atoms with Crippen LogP contribution in [0.25, 0.3) is 10.2 Å². The zero-order valence-electron chi connectivity index (χ0n) is 10.9. The Morgan fingerprint density at radius 2 is 2.33 bits per heavy atom. The molecule has 0 spiro atoms. The van der Waals surface area contributed by atoms with Crippen LogP contribution >= 0.6 is 23.1 Å². The Balaban J connectivity index is 1.96. The van der Waals surface area contributed by atoms with Crippen LogP contribution in [-0.2, 0) is 17.8 Å². The van der Waals surface area contributed by atoms with Crippen LogP contribution in [0.1, 0.15) is 11.8 Å². The Hall–Kier alpha value is -2.07. The molecule has 10 heteroatoms. The highest BCUT2D eigenvalue weighted by atomic mass is 32.2. The number of fused-ring (bicyclic) bond motifs is 1. The van der Waals surface area contributed by atoms with Crippen molar-refractivity contribution in [3.05, 3.63) is 17.3 Å². The Labute approximate surface area is 127 Å². The molecule has 0 aliphatic carbocycles. The van der Waals surface area contributed by atoms with Gasteiger partial charge in [-0.1, -0.05) is 6.92 Å². The summed E-state index contributed by atoms with van der Waals surface area (Å²) in [5.41, 5.74) is 0. The van der Waals surface area contributed by atoms with E-state index in [4.69, 9.17) is 5.11 Å². The summed E-state index contributed by atoms with van der Waals surface area (Å²) in [5, 5.41) is 21.9. The third-order valence-electron chi connectivity index (χ3n) is 2.66. The summed E-state index contributed by atoms with van der Waals surface area (Å²) in [7, 11) is 0. The smallest absolute Gasteiger partial charge is 0.325 e. The fourth-order valence-electron chi connectivity index (χ4n) is 1.72. The van der Waals surface area contributed by atoms with E-state index in [1.807, 2.05) is 6.07 Å². The number of nitrogens with zero attached hydrogens (tertiary/aromatic N) is 6. The summed E-state index contributed by atoms with van der Waals surface area (Å²) in [5.74, 6) is -0.999. The first-order valence-electron chi connectivity index (χ1n) is 6.06. The van der Waals surface area contributed by atoms with Gasteiger partial charge in [-0.2, -0.15) is 0 Å². The van der Waals surface area contributed by atoms with Crippen LogP contribution in [0.2, 0.25) is 0 Å². The van der Waals surface area contributed by atoms with E-state index in [-0.39, 0.29) is 6.54 Å². The van der Waals surface area contributed by atoms with Gasteiger partial charge in [0.25, 0.3) is 0 Å². The van der Waals surface area contributed by atoms with E-state index < -0.39 is 5.97 Å². The largest absolute Gasteiger partial charge is 0.480 e. The second kappa shape index (κ2) is 5.74. The number of tetrazole rings is 1. The number of hydrogen-bond donors (Lipinski definition) is 1. The van der Waals surface area contributed by atoms with Crippen LogP contribution in [0, 0.1) is 0 Å². The fourth-order valence-corrected chi connectivity index (χ4v) is 3.54. The van der Waals surface area contributed by atoms with E-state index in [0.29, 0.717) is 5.16 Å². The first-order valence-corrected chi connectivity index (χ1v) is 7.70. The Morgan fingerprint density at radius 3 is 3.10 bits per heavy atom. The number of aryl methyl sites for hydroxylation is 1. The molecule has 0 unspecified atom stereocenters. The van der Waals surface area contributed by atoms with E-state index in [1.165, 1.54) is 27.6 Å². The van der Waals surface area contributed by atoms with Crippen molar-refractivity contribution < 1.29 is 9.90 Å². The Kier molecular flexibility index (Phi) is 3.80. The second-order valence-electron chi connectivity index (χ2n) is 4.08. The normalized spacial score (nSPS) is 11.1. The molecule has 3 aromatic rings. The molecular weight excluding hydrogens is 312 g/mol. The molecule has 0 amide bonds. The minimum atomic E-state index is -0.999. The van der Waals surface area contributed by atoms with Gasteiger partial charge in [0, 0.05) is 10.3 Å². The minimum absolute atomic E-state index is 0.284. The van der Waals surface area contributed by atoms with E-state index >= 15 is 0 Å². The van der Waals surface area contributed by atoms with Crippen LogP contribution < -0.4 is 0 Å². The SMILES string of the molecule is CCc1cc2c(Sc3nnnn3CC(=O)O)ncnc2s1. The summed E-state index contributed by atoms with van der Waals surface area (Å²) >= 11 is 2.86. The predicted octanol–water partition coefficient (Wildman–Crippen LogP) is 1.48. The summed E-state index contributed by atoms with van der Waals surface area (Å²) in [6.45, 7) is 1.80. The van der Waals surface area contributed by atoms with Crippen LogP contribution in [0.15, 0.2) is 22.6 Å². The van der Waals surface area contributed by atoms with Crippen molar-refractivity contribution in [3.8, 4) is 0 Å². The number of carbonyl (C=O) groups is 1. The van der Waals surface area contributed by atoms with Crippen LogP contribution in [-0.4, -0.2) is 41.3 Å². The van der Waals surface area contributed by atoms with Crippen molar-refractivity contribution in [2.75, 3.05) is 0 Å². The van der Waals surface area contributed by atoms with Crippen molar-refractivity contribution >= 4 is 39.3 Å². The molecule has 8 nitrogen and oxygen atoms in total. The molecule has 0 saturated heterocycles. The number of aliphatic carboxylic acids is 1. The van der Waals surface area contributed by atoms with Crippen molar-refractivity contribution in [3.63, 3.8) is 0 Å². The average molecular weight is 322 g/mol. The molecule has 0 aliphatic heterocycles.